The van der Waals surface area contributed by atoms with Crippen LogP contribution in [0.5, 0.6) is 0 Å². The van der Waals surface area contributed by atoms with E-state index in [0.29, 0.717) is 0 Å². The first kappa shape index (κ1) is 20.1. The number of anilines is 1. The number of hydrogen-bond donors (Lipinski definition) is 0. The molecule has 0 bridgehead atoms. The zero-order valence-corrected chi connectivity index (χ0v) is 20.3. The molecule has 4 rings (SSSR count). The number of fused-ring (bicyclic) bond motifs is 2. The molecule has 0 saturated carbocycles. The number of thioether (sulfide) groups is 1. The molecular weight excluding hydrogens is 504 g/mol. The molecule has 4 nitrogen and oxygen atoms in total. The van der Waals surface area contributed by atoms with Crippen LogP contribution < -0.4 is 13.2 Å². The molecule has 0 N–H and O–H groups in total. The fourth-order valence-electron chi connectivity index (χ4n) is 3.26. The van der Waals surface area contributed by atoms with Gasteiger partial charge < -0.3 is 0 Å². The first-order chi connectivity index (χ1) is 13.7. The number of aromatic nitrogens is 1. The molecule has 146 valence electrons. The second kappa shape index (κ2) is 8.64. The van der Waals surface area contributed by atoms with Gasteiger partial charge in [-0.1, -0.05) is 0 Å². The van der Waals surface area contributed by atoms with Gasteiger partial charge in [0.15, 0.2) is 0 Å². The summed E-state index contributed by atoms with van der Waals surface area (Å²) in [6.45, 7) is 3.17. The van der Waals surface area contributed by atoms with Gasteiger partial charge in [0.2, 0.25) is 0 Å². The summed E-state index contributed by atoms with van der Waals surface area (Å²) in [6, 6.07) is 8.60. The number of thiazole rings is 1. The molecule has 2 aliphatic heterocycles. The van der Waals surface area contributed by atoms with Crippen LogP contribution in [0.15, 0.2) is 52.1 Å². The van der Waals surface area contributed by atoms with Crippen LogP contribution in [0.4, 0.5) is 5.69 Å². The SMILES string of the molecule is CCN1C(=CC=Cc2sc3c([n+]2C)[Te]C(OC)C(OC)=C3)Sc2ccccc21. The molecule has 28 heavy (non-hydrogen) atoms. The summed E-state index contributed by atoms with van der Waals surface area (Å²) >= 11 is 3.16. The van der Waals surface area contributed by atoms with Crippen molar-refractivity contribution in [3.63, 3.8) is 0 Å². The third-order valence-electron chi connectivity index (χ3n) is 4.67. The molecule has 0 spiro atoms. The van der Waals surface area contributed by atoms with E-state index < -0.39 is 20.9 Å². The van der Waals surface area contributed by atoms with Crippen molar-refractivity contribution in [3.05, 3.63) is 57.1 Å². The molecule has 7 heteroatoms. The Bertz CT molecular complexity index is 981. The van der Waals surface area contributed by atoms with Crippen molar-refractivity contribution in [2.75, 3.05) is 25.7 Å². The summed E-state index contributed by atoms with van der Waals surface area (Å²) < 4.78 is 15.0. The molecule has 0 fully saturated rings. The number of rotatable bonds is 5. The predicted octanol–water partition coefficient (Wildman–Crippen LogP) is 3.36. The molecule has 1 aromatic carbocycles. The Morgan fingerprint density at radius 1 is 1.29 bits per heavy atom. The summed E-state index contributed by atoms with van der Waals surface area (Å²) in [4.78, 5) is 5.00. The van der Waals surface area contributed by atoms with Gasteiger partial charge in [-0.15, -0.1) is 0 Å². The average Bonchev–Trinajstić information content (AvgIpc) is 3.23. The van der Waals surface area contributed by atoms with Crippen LogP contribution in [0.1, 0.15) is 16.8 Å². The zero-order valence-electron chi connectivity index (χ0n) is 16.3. The third-order valence-corrected chi connectivity index (χ3v) is 11.2. The Balaban J connectivity index is 1.58. The van der Waals surface area contributed by atoms with E-state index in [4.69, 9.17) is 9.47 Å². The topological polar surface area (TPSA) is 25.6 Å². The monoisotopic (exact) mass is 529 g/mol. The van der Waals surface area contributed by atoms with Crippen molar-refractivity contribution in [1.29, 1.82) is 0 Å². The first-order valence-electron chi connectivity index (χ1n) is 9.07. The molecule has 0 aliphatic carbocycles. The van der Waals surface area contributed by atoms with Crippen molar-refractivity contribution < 1.29 is 14.0 Å². The van der Waals surface area contributed by atoms with Gasteiger partial charge in [0, 0.05) is 0 Å². The quantitative estimate of drug-likeness (QED) is 0.441. The Morgan fingerprint density at radius 2 is 2.11 bits per heavy atom. The standard InChI is InChI=1S/C21H23N2O2S2Te/c1-5-23-14-9-6-7-10-16(14)26-19(23)12-8-11-18-22(2)20-17(27-18)13-15(24-3)21(25-4)28-20/h6-13,21H,5H2,1-4H3/q+1. The fraction of sp³-hybridized carbons (Fsp3) is 0.286. The molecule has 1 aromatic heterocycles. The van der Waals surface area contributed by atoms with E-state index in [1.807, 2.05) is 23.1 Å². The zero-order chi connectivity index (χ0) is 19.7. The van der Waals surface area contributed by atoms with Gasteiger partial charge in [0.1, 0.15) is 0 Å². The van der Waals surface area contributed by atoms with Gasteiger partial charge in [-0.2, -0.15) is 0 Å². The van der Waals surface area contributed by atoms with Crippen LogP contribution in [0.2, 0.25) is 0 Å². The van der Waals surface area contributed by atoms with Gasteiger partial charge in [-0.25, -0.2) is 0 Å². The van der Waals surface area contributed by atoms with E-state index in [1.54, 1.807) is 14.2 Å². The summed E-state index contributed by atoms with van der Waals surface area (Å²) in [5.41, 5.74) is 1.31. The van der Waals surface area contributed by atoms with E-state index in [2.05, 4.69) is 72.0 Å². The van der Waals surface area contributed by atoms with E-state index in [0.717, 1.165) is 12.3 Å². The minimum atomic E-state index is -0.494. The number of para-hydroxylation sites is 1. The van der Waals surface area contributed by atoms with Gasteiger partial charge >= 0.3 is 185 Å². The van der Waals surface area contributed by atoms with Crippen molar-refractivity contribution in [3.8, 4) is 0 Å². The molecular formula is C21H23N2O2S2Te+. The summed E-state index contributed by atoms with van der Waals surface area (Å²) in [5, 5.41) is 2.53. The van der Waals surface area contributed by atoms with E-state index >= 15 is 0 Å². The van der Waals surface area contributed by atoms with Gasteiger partial charge in [0.25, 0.3) is 0 Å². The number of methoxy groups -OCH3 is 2. The molecule has 0 radical (unpaired) electrons. The van der Waals surface area contributed by atoms with Crippen LogP contribution in [0, 0.1) is 0 Å². The van der Waals surface area contributed by atoms with Gasteiger partial charge in [0.05, 0.1) is 0 Å². The van der Waals surface area contributed by atoms with Crippen molar-refractivity contribution in [1.82, 2.24) is 0 Å². The normalized spacial score (nSPS) is 19.9. The summed E-state index contributed by atoms with van der Waals surface area (Å²) in [6.07, 6.45) is 8.74. The first-order valence-corrected chi connectivity index (χ1v) is 13.2. The van der Waals surface area contributed by atoms with Crippen molar-refractivity contribution in [2.24, 2.45) is 7.05 Å². The molecule has 2 aromatic rings. The maximum absolute atomic E-state index is 5.64. The Hall–Kier alpha value is -1.23. The molecule has 0 amide bonds. The molecule has 3 heterocycles. The van der Waals surface area contributed by atoms with E-state index in [9.17, 15) is 0 Å². The number of ether oxygens (including phenoxy) is 2. The molecule has 1 unspecified atom stereocenters. The van der Waals surface area contributed by atoms with E-state index in [-0.39, 0.29) is 4.15 Å². The minimum absolute atomic E-state index is 0.120. The average molecular weight is 527 g/mol. The number of nitrogens with zero attached hydrogens (tertiary/aromatic N) is 2. The molecule has 2 aliphatic rings. The van der Waals surface area contributed by atoms with Crippen LogP contribution in [0.25, 0.3) is 12.2 Å². The van der Waals surface area contributed by atoms with Crippen molar-refractivity contribution >= 4 is 65.6 Å². The Labute approximate surface area is 184 Å². The number of hydrogen-bond acceptors (Lipinski definition) is 5. The van der Waals surface area contributed by atoms with Gasteiger partial charge in [-0.3, -0.25) is 0 Å². The van der Waals surface area contributed by atoms with Crippen LogP contribution in [-0.2, 0) is 16.5 Å². The van der Waals surface area contributed by atoms with Crippen LogP contribution in [0.3, 0.4) is 0 Å². The van der Waals surface area contributed by atoms with Crippen LogP contribution >= 0.6 is 23.1 Å². The maximum atomic E-state index is 5.64. The van der Waals surface area contributed by atoms with Crippen molar-refractivity contribution in [2.45, 2.75) is 16.0 Å². The Kier molecular flexibility index (Phi) is 6.19. The van der Waals surface area contributed by atoms with Gasteiger partial charge in [-0.05, 0) is 0 Å². The molecule has 1 atom stereocenters. The predicted molar refractivity (Wildman–Crippen MR) is 119 cm³/mol. The third kappa shape index (κ3) is 3.67. The second-order valence-corrected chi connectivity index (χ2v) is 11.4. The summed E-state index contributed by atoms with van der Waals surface area (Å²) in [7, 11) is 5.65. The summed E-state index contributed by atoms with van der Waals surface area (Å²) in [5.74, 6) is 0.954. The number of allylic oxidation sites excluding steroid dienone is 2. The van der Waals surface area contributed by atoms with E-state index in [1.165, 1.54) is 29.2 Å². The Morgan fingerprint density at radius 3 is 2.86 bits per heavy atom. The second-order valence-electron chi connectivity index (χ2n) is 6.28. The molecule has 0 saturated heterocycles. The van der Waals surface area contributed by atoms with Crippen LogP contribution in [-0.4, -0.2) is 45.8 Å². The number of benzene rings is 1. The fourth-order valence-corrected chi connectivity index (χ4v) is 9.14.